The normalized spacial score (nSPS) is 16.9. The van der Waals surface area contributed by atoms with Crippen LogP contribution in [-0.4, -0.2) is 29.9 Å². The Morgan fingerprint density at radius 1 is 0.841 bits per heavy atom. The van der Waals surface area contributed by atoms with Crippen LogP contribution in [0.5, 0.6) is 17.2 Å². The van der Waals surface area contributed by atoms with Gasteiger partial charge in [-0.05, 0) is 84.2 Å². The number of hydrogen-bond donors (Lipinski definition) is 2. The number of ether oxygens (including phenoxy) is 2. The zero-order chi connectivity index (χ0) is 30.3. The van der Waals surface area contributed by atoms with Gasteiger partial charge >= 0.3 is 0 Å². The zero-order valence-electron chi connectivity index (χ0n) is 25.1. The van der Waals surface area contributed by atoms with Crippen molar-refractivity contribution in [3.8, 4) is 28.4 Å². The fourth-order valence-electron chi connectivity index (χ4n) is 6.46. The number of nitrogens with zero attached hydrogens (tertiary/aromatic N) is 1. The highest BCUT2D eigenvalue weighted by molar-refractivity contribution is 5.88. The molecule has 0 bridgehead atoms. The van der Waals surface area contributed by atoms with Gasteiger partial charge in [0.1, 0.15) is 29.4 Å². The van der Waals surface area contributed by atoms with Gasteiger partial charge in [0, 0.05) is 18.8 Å². The van der Waals surface area contributed by atoms with Crippen LogP contribution in [0.4, 0.5) is 0 Å². The number of nitrogens with one attached hydrogen (secondary N) is 2. The molecule has 1 aromatic heterocycles. The van der Waals surface area contributed by atoms with Gasteiger partial charge in [0.25, 0.3) is 0 Å². The number of likely N-dealkylation sites (N-methyl/N-ethyl adjacent to an activating group) is 1. The summed E-state index contributed by atoms with van der Waals surface area (Å²) < 4.78 is 12.4. The maximum absolute atomic E-state index is 13.0. The fourth-order valence-corrected chi connectivity index (χ4v) is 6.46. The number of benzene rings is 3. The van der Waals surface area contributed by atoms with Crippen LogP contribution < -0.4 is 20.1 Å². The molecule has 1 heterocycles. The van der Waals surface area contributed by atoms with Gasteiger partial charge < -0.3 is 20.1 Å². The maximum Gasteiger partial charge on any atom is 0.242 e. The van der Waals surface area contributed by atoms with Crippen molar-refractivity contribution in [2.75, 3.05) is 7.05 Å². The van der Waals surface area contributed by atoms with E-state index in [9.17, 15) is 9.59 Å². The minimum atomic E-state index is -0.484. The summed E-state index contributed by atoms with van der Waals surface area (Å²) >= 11 is 0. The molecule has 44 heavy (non-hydrogen) atoms. The Morgan fingerprint density at radius 3 is 2.48 bits per heavy atom. The number of aryl methyl sites for hydroxylation is 1. The van der Waals surface area contributed by atoms with Crippen LogP contribution in [0.25, 0.3) is 11.1 Å². The van der Waals surface area contributed by atoms with Crippen molar-refractivity contribution >= 4 is 11.8 Å². The number of carbonyl (C=O) groups excluding carboxylic acids is 2. The number of pyridine rings is 1. The van der Waals surface area contributed by atoms with E-state index in [1.165, 1.54) is 17.5 Å². The summed E-state index contributed by atoms with van der Waals surface area (Å²) in [6.07, 6.45) is 10.9. The minimum Gasteiger partial charge on any atom is -0.486 e. The SMILES string of the molecule is CNC(=O)[C@H](NC(=O)Cc1cccc(O[C@H]2CCc3cc(-c4cncc(Oc5ccccc5)c4)ccc32)c1)C1CCCCC1. The Balaban J connectivity index is 1.09. The van der Waals surface area contributed by atoms with Crippen molar-refractivity contribution < 1.29 is 19.1 Å². The Hall–Kier alpha value is -4.65. The molecule has 0 radical (unpaired) electrons. The fraction of sp³-hybridized carbons (Fsp3) is 0.324. The smallest absolute Gasteiger partial charge is 0.242 e. The molecule has 0 unspecified atom stereocenters. The van der Waals surface area contributed by atoms with E-state index in [0.29, 0.717) is 5.75 Å². The molecule has 0 saturated heterocycles. The molecule has 226 valence electrons. The highest BCUT2D eigenvalue weighted by Crippen LogP contribution is 2.38. The Morgan fingerprint density at radius 2 is 1.66 bits per heavy atom. The van der Waals surface area contributed by atoms with Gasteiger partial charge in [-0.1, -0.05) is 67.8 Å². The summed E-state index contributed by atoms with van der Waals surface area (Å²) in [7, 11) is 1.63. The van der Waals surface area contributed by atoms with E-state index < -0.39 is 6.04 Å². The Bertz CT molecular complexity index is 1600. The summed E-state index contributed by atoms with van der Waals surface area (Å²) in [5.41, 5.74) is 5.39. The molecular weight excluding hydrogens is 550 g/mol. The first kappa shape index (κ1) is 29.4. The average molecular weight is 590 g/mol. The van der Waals surface area contributed by atoms with Gasteiger partial charge in [-0.2, -0.15) is 0 Å². The van der Waals surface area contributed by atoms with Crippen molar-refractivity contribution in [3.63, 3.8) is 0 Å². The van der Waals surface area contributed by atoms with E-state index in [1.54, 1.807) is 13.2 Å². The first-order valence-corrected chi connectivity index (χ1v) is 15.6. The van der Waals surface area contributed by atoms with Crippen LogP contribution in [0.2, 0.25) is 0 Å². The molecule has 0 spiro atoms. The summed E-state index contributed by atoms with van der Waals surface area (Å²) in [5, 5.41) is 5.75. The van der Waals surface area contributed by atoms with Crippen molar-refractivity contribution in [1.29, 1.82) is 0 Å². The number of carbonyl (C=O) groups is 2. The molecule has 2 N–H and O–H groups in total. The van der Waals surface area contributed by atoms with Crippen molar-refractivity contribution in [2.45, 2.75) is 63.5 Å². The largest absolute Gasteiger partial charge is 0.486 e. The topological polar surface area (TPSA) is 89.6 Å². The zero-order valence-corrected chi connectivity index (χ0v) is 25.1. The molecule has 2 amide bonds. The number of amides is 2. The van der Waals surface area contributed by atoms with Crippen LogP contribution in [0, 0.1) is 5.92 Å². The molecule has 1 saturated carbocycles. The molecule has 1 fully saturated rings. The minimum absolute atomic E-state index is 0.0575. The molecule has 4 aromatic rings. The lowest BCUT2D eigenvalue weighted by Crippen LogP contribution is -2.51. The molecule has 0 aliphatic heterocycles. The van der Waals surface area contributed by atoms with E-state index >= 15 is 0 Å². The highest BCUT2D eigenvalue weighted by Gasteiger charge is 2.30. The van der Waals surface area contributed by atoms with Gasteiger partial charge in [0.05, 0.1) is 12.6 Å². The van der Waals surface area contributed by atoms with Crippen molar-refractivity contribution in [2.24, 2.45) is 5.92 Å². The number of para-hydroxylation sites is 1. The van der Waals surface area contributed by atoms with Crippen LogP contribution >= 0.6 is 0 Å². The molecule has 3 aromatic carbocycles. The molecule has 2 aliphatic rings. The second-order valence-corrected chi connectivity index (χ2v) is 11.8. The van der Waals surface area contributed by atoms with Gasteiger partial charge in [-0.3, -0.25) is 14.6 Å². The lowest BCUT2D eigenvalue weighted by Gasteiger charge is -2.29. The van der Waals surface area contributed by atoms with Crippen LogP contribution in [0.3, 0.4) is 0 Å². The standard InChI is InChI=1S/C37H39N3O4/c1-38-37(42)36(26-10-4-2-5-11-26)40-35(41)20-25-9-8-14-31(19-25)44-34-18-16-28-21-27(15-17-33(28)34)29-22-32(24-39-23-29)43-30-12-6-3-7-13-30/h3,6-9,12-15,17,19,21-24,26,34,36H,2,4-5,10-11,16,18,20H2,1H3,(H,38,42)(H,40,41)/t34-,36+/m0/s1. The van der Waals surface area contributed by atoms with Crippen molar-refractivity contribution in [1.82, 2.24) is 15.6 Å². The molecule has 2 aliphatic carbocycles. The molecule has 2 atom stereocenters. The van der Waals surface area contributed by atoms with E-state index in [1.807, 2.05) is 66.9 Å². The Kier molecular flexibility index (Phi) is 9.20. The second-order valence-electron chi connectivity index (χ2n) is 11.8. The van der Waals surface area contributed by atoms with Crippen LogP contribution in [0.1, 0.15) is 61.3 Å². The number of fused-ring (bicyclic) bond motifs is 1. The maximum atomic E-state index is 13.0. The van der Waals surface area contributed by atoms with E-state index in [2.05, 4.69) is 33.8 Å². The molecule has 6 rings (SSSR count). The summed E-state index contributed by atoms with van der Waals surface area (Å²) in [6, 6.07) is 25.4. The number of rotatable bonds is 10. The van der Waals surface area contributed by atoms with E-state index in [-0.39, 0.29) is 30.3 Å². The molecule has 7 nitrogen and oxygen atoms in total. The van der Waals surface area contributed by atoms with Crippen molar-refractivity contribution in [3.05, 3.63) is 108 Å². The first-order chi connectivity index (χ1) is 21.6. The third-order valence-corrected chi connectivity index (χ3v) is 8.70. The quantitative estimate of drug-likeness (QED) is 0.209. The summed E-state index contributed by atoms with van der Waals surface area (Å²) in [5.74, 6) is 2.14. The second kappa shape index (κ2) is 13.8. The van der Waals surface area contributed by atoms with E-state index in [0.717, 1.165) is 66.7 Å². The summed E-state index contributed by atoms with van der Waals surface area (Å²) in [6.45, 7) is 0. The lowest BCUT2D eigenvalue weighted by molar-refractivity contribution is -0.130. The first-order valence-electron chi connectivity index (χ1n) is 15.6. The molecular formula is C37H39N3O4. The monoisotopic (exact) mass is 589 g/mol. The average Bonchev–Trinajstić information content (AvgIpc) is 3.46. The summed E-state index contributed by atoms with van der Waals surface area (Å²) in [4.78, 5) is 30.0. The third kappa shape index (κ3) is 7.10. The van der Waals surface area contributed by atoms with Crippen LogP contribution in [-0.2, 0) is 22.4 Å². The predicted octanol–water partition coefficient (Wildman–Crippen LogP) is 6.96. The number of aromatic nitrogens is 1. The highest BCUT2D eigenvalue weighted by atomic mass is 16.5. The van der Waals surface area contributed by atoms with Gasteiger partial charge in [-0.15, -0.1) is 0 Å². The van der Waals surface area contributed by atoms with Crippen LogP contribution in [0.15, 0.2) is 91.3 Å². The van der Waals surface area contributed by atoms with Gasteiger partial charge in [0.2, 0.25) is 11.8 Å². The molecule has 7 heteroatoms. The van der Waals surface area contributed by atoms with Gasteiger partial charge in [-0.25, -0.2) is 0 Å². The Labute approximate surface area is 259 Å². The third-order valence-electron chi connectivity index (χ3n) is 8.70. The van der Waals surface area contributed by atoms with E-state index in [4.69, 9.17) is 9.47 Å². The predicted molar refractivity (Wildman–Crippen MR) is 171 cm³/mol. The number of hydrogen-bond acceptors (Lipinski definition) is 5. The van der Waals surface area contributed by atoms with Gasteiger partial charge in [0.15, 0.2) is 0 Å². The lowest BCUT2D eigenvalue weighted by atomic mass is 9.83.